The van der Waals surface area contributed by atoms with E-state index < -0.39 is 29.0 Å². The highest BCUT2D eigenvalue weighted by Crippen LogP contribution is 2.26. The molecule has 0 unspecified atom stereocenters. The van der Waals surface area contributed by atoms with Crippen LogP contribution in [0.2, 0.25) is 0 Å². The minimum atomic E-state index is -1.53. The molecular weight excluding hydrogens is 278 g/mol. The summed E-state index contributed by atoms with van der Waals surface area (Å²) in [6.45, 7) is 3.98. The predicted octanol–water partition coefficient (Wildman–Crippen LogP) is 2.64. The zero-order valence-corrected chi connectivity index (χ0v) is 11.1. The maximum absolute atomic E-state index is 13.2. The summed E-state index contributed by atoms with van der Waals surface area (Å²) >= 11 is 0. The minimum absolute atomic E-state index is 0.106. The Bertz CT molecular complexity index is 403. The molecule has 1 aromatic carbocycles. The standard InChI is InChI=1S/C13H17F4NO2/c1-2-19-6-3-4-18-5-7-20-13-11(16)9(14)8-10(15)12(13)17/h8,18H,2-7H2,1H3. The molecule has 0 saturated heterocycles. The van der Waals surface area contributed by atoms with Crippen LogP contribution in [-0.4, -0.2) is 32.9 Å². The third kappa shape index (κ3) is 4.97. The predicted molar refractivity (Wildman–Crippen MR) is 65.7 cm³/mol. The van der Waals surface area contributed by atoms with E-state index in [0.29, 0.717) is 26.3 Å². The molecule has 20 heavy (non-hydrogen) atoms. The monoisotopic (exact) mass is 295 g/mol. The van der Waals surface area contributed by atoms with Crippen LogP contribution in [0, 0.1) is 23.3 Å². The normalized spacial score (nSPS) is 10.8. The average molecular weight is 295 g/mol. The first kappa shape index (κ1) is 16.7. The molecule has 114 valence electrons. The molecule has 0 heterocycles. The van der Waals surface area contributed by atoms with Crippen LogP contribution in [0.15, 0.2) is 6.07 Å². The summed E-state index contributed by atoms with van der Waals surface area (Å²) in [6.07, 6.45) is 0.783. The second-order valence-electron chi connectivity index (χ2n) is 3.95. The molecule has 0 radical (unpaired) electrons. The van der Waals surface area contributed by atoms with E-state index in [-0.39, 0.29) is 12.7 Å². The van der Waals surface area contributed by atoms with E-state index in [1.165, 1.54) is 0 Å². The van der Waals surface area contributed by atoms with Crippen LogP contribution in [-0.2, 0) is 4.74 Å². The second-order valence-corrected chi connectivity index (χ2v) is 3.95. The molecule has 0 aliphatic carbocycles. The van der Waals surface area contributed by atoms with Crippen LogP contribution < -0.4 is 10.1 Å². The molecule has 7 heteroatoms. The van der Waals surface area contributed by atoms with Crippen molar-refractivity contribution in [1.82, 2.24) is 5.32 Å². The van der Waals surface area contributed by atoms with Crippen molar-refractivity contribution in [2.75, 3.05) is 32.9 Å². The van der Waals surface area contributed by atoms with E-state index >= 15 is 0 Å². The lowest BCUT2D eigenvalue weighted by atomic mass is 10.3. The van der Waals surface area contributed by atoms with Crippen LogP contribution in [0.5, 0.6) is 5.75 Å². The molecule has 0 bridgehead atoms. The smallest absolute Gasteiger partial charge is 0.203 e. The number of nitrogens with one attached hydrogen (secondary N) is 1. The maximum atomic E-state index is 13.2. The van der Waals surface area contributed by atoms with Gasteiger partial charge in [-0.2, -0.15) is 8.78 Å². The molecule has 0 spiro atoms. The Balaban J connectivity index is 2.32. The fourth-order valence-electron chi connectivity index (χ4n) is 1.47. The van der Waals surface area contributed by atoms with Gasteiger partial charge in [0.2, 0.25) is 11.6 Å². The van der Waals surface area contributed by atoms with Gasteiger partial charge in [0.15, 0.2) is 17.4 Å². The number of hydrogen-bond donors (Lipinski definition) is 1. The van der Waals surface area contributed by atoms with Crippen molar-refractivity contribution in [3.05, 3.63) is 29.3 Å². The molecule has 3 nitrogen and oxygen atoms in total. The number of ether oxygens (including phenoxy) is 2. The number of halogens is 4. The third-order valence-corrected chi connectivity index (χ3v) is 2.44. The molecule has 1 N–H and O–H groups in total. The van der Waals surface area contributed by atoms with E-state index in [1.807, 2.05) is 6.92 Å². The lowest BCUT2D eigenvalue weighted by Gasteiger charge is -2.10. The Labute approximate surface area is 114 Å². The first-order valence-corrected chi connectivity index (χ1v) is 6.32. The van der Waals surface area contributed by atoms with Gasteiger partial charge in [-0.3, -0.25) is 0 Å². The molecular formula is C13H17F4NO2. The maximum Gasteiger partial charge on any atom is 0.203 e. The SMILES string of the molecule is CCOCCCNCCOc1c(F)c(F)cc(F)c1F. The molecule has 0 aliphatic heterocycles. The summed E-state index contributed by atoms with van der Waals surface area (Å²) in [5, 5.41) is 2.95. The van der Waals surface area contributed by atoms with E-state index in [2.05, 4.69) is 5.32 Å². The van der Waals surface area contributed by atoms with E-state index in [1.54, 1.807) is 0 Å². The highest BCUT2D eigenvalue weighted by molar-refractivity contribution is 5.28. The highest BCUT2D eigenvalue weighted by Gasteiger charge is 2.20. The van der Waals surface area contributed by atoms with Gasteiger partial charge in [-0.05, 0) is 19.9 Å². The molecule has 1 rings (SSSR count). The lowest BCUT2D eigenvalue weighted by molar-refractivity contribution is 0.144. The number of rotatable bonds is 9. The van der Waals surface area contributed by atoms with Gasteiger partial charge in [-0.15, -0.1) is 0 Å². The average Bonchev–Trinajstić information content (AvgIpc) is 2.43. The molecule has 0 saturated carbocycles. The summed E-state index contributed by atoms with van der Waals surface area (Å²) in [5.41, 5.74) is 0. The van der Waals surface area contributed by atoms with Crippen molar-refractivity contribution in [2.45, 2.75) is 13.3 Å². The summed E-state index contributed by atoms with van der Waals surface area (Å²) in [6, 6.07) is 0.142. The van der Waals surface area contributed by atoms with Crippen molar-refractivity contribution < 1.29 is 27.0 Å². The Kier molecular flexibility index (Phi) is 7.32. The van der Waals surface area contributed by atoms with Crippen LogP contribution in [0.1, 0.15) is 13.3 Å². The summed E-state index contributed by atoms with van der Waals surface area (Å²) < 4.78 is 62.0. The highest BCUT2D eigenvalue weighted by atomic mass is 19.2. The number of hydrogen-bond acceptors (Lipinski definition) is 3. The van der Waals surface area contributed by atoms with Gasteiger partial charge in [0.25, 0.3) is 0 Å². The second kappa shape index (κ2) is 8.76. The van der Waals surface area contributed by atoms with Crippen LogP contribution in [0.25, 0.3) is 0 Å². The molecule has 0 atom stereocenters. The molecule has 0 aliphatic rings. The fraction of sp³-hybridized carbons (Fsp3) is 0.538. The van der Waals surface area contributed by atoms with Crippen molar-refractivity contribution in [2.24, 2.45) is 0 Å². The Morgan fingerprint density at radius 1 is 1.00 bits per heavy atom. The molecule has 1 aromatic rings. The van der Waals surface area contributed by atoms with Gasteiger partial charge < -0.3 is 14.8 Å². The van der Waals surface area contributed by atoms with Crippen molar-refractivity contribution in [3.63, 3.8) is 0 Å². The van der Waals surface area contributed by atoms with Gasteiger partial charge in [0.05, 0.1) is 0 Å². The van der Waals surface area contributed by atoms with Crippen molar-refractivity contribution in [1.29, 1.82) is 0 Å². The van der Waals surface area contributed by atoms with Crippen LogP contribution in [0.4, 0.5) is 17.6 Å². The summed E-state index contributed by atoms with van der Waals surface area (Å²) in [5.74, 6) is -7.05. The zero-order valence-electron chi connectivity index (χ0n) is 11.1. The summed E-state index contributed by atoms with van der Waals surface area (Å²) in [4.78, 5) is 0. The molecule has 0 amide bonds. The lowest BCUT2D eigenvalue weighted by Crippen LogP contribution is -2.23. The number of benzene rings is 1. The van der Waals surface area contributed by atoms with E-state index in [4.69, 9.17) is 9.47 Å². The van der Waals surface area contributed by atoms with E-state index in [0.717, 1.165) is 6.42 Å². The third-order valence-electron chi connectivity index (χ3n) is 2.44. The van der Waals surface area contributed by atoms with Gasteiger partial charge in [0.1, 0.15) is 6.61 Å². The van der Waals surface area contributed by atoms with Gasteiger partial charge in [0, 0.05) is 25.8 Å². The van der Waals surface area contributed by atoms with Gasteiger partial charge >= 0.3 is 0 Å². The topological polar surface area (TPSA) is 30.5 Å². The van der Waals surface area contributed by atoms with Crippen LogP contribution >= 0.6 is 0 Å². The first-order chi connectivity index (χ1) is 9.57. The van der Waals surface area contributed by atoms with Crippen molar-refractivity contribution >= 4 is 0 Å². The summed E-state index contributed by atoms with van der Waals surface area (Å²) in [7, 11) is 0. The quantitative estimate of drug-likeness (QED) is 0.431. The van der Waals surface area contributed by atoms with E-state index in [9.17, 15) is 17.6 Å². The van der Waals surface area contributed by atoms with Gasteiger partial charge in [-0.1, -0.05) is 0 Å². The minimum Gasteiger partial charge on any atom is -0.486 e. The largest absolute Gasteiger partial charge is 0.486 e. The first-order valence-electron chi connectivity index (χ1n) is 6.32. The molecule has 0 fully saturated rings. The fourth-order valence-corrected chi connectivity index (χ4v) is 1.47. The van der Waals surface area contributed by atoms with Gasteiger partial charge in [-0.25, -0.2) is 8.78 Å². The Hall–Kier alpha value is -1.34. The zero-order chi connectivity index (χ0) is 15.0. The van der Waals surface area contributed by atoms with Crippen LogP contribution in [0.3, 0.4) is 0 Å². The van der Waals surface area contributed by atoms with Crippen molar-refractivity contribution in [3.8, 4) is 5.75 Å². The Morgan fingerprint density at radius 3 is 2.25 bits per heavy atom. The Morgan fingerprint density at radius 2 is 1.65 bits per heavy atom. The molecule has 0 aromatic heterocycles.